The fourth-order valence-corrected chi connectivity index (χ4v) is 3.36. The van der Waals surface area contributed by atoms with Crippen LogP contribution in [0, 0.1) is 5.92 Å². The molecule has 0 spiro atoms. The molecule has 1 atom stereocenters. The molecular formula is C17H23N3O3. The second-order valence-electron chi connectivity index (χ2n) is 6.28. The number of ether oxygens (including phenoxy) is 1. The number of hydrogen-bond donors (Lipinski definition) is 2. The van der Waals surface area contributed by atoms with Crippen LogP contribution in [0.1, 0.15) is 37.3 Å². The van der Waals surface area contributed by atoms with Crippen LogP contribution >= 0.6 is 0 Å². The number of piperidine rings is 1. The van der Waals surface area contributed by atoms with Crippen LogP contribution < -0.4 is 15.8 Å². The molecule has 23 heavy (non-hydrogen) atoms. The van der Waals surface area contributed by atoms with E-state index in [0.717, 1.165) is 30.6 Å². The smallest absolute Gasteiger partial charge is 0.317 e. The van der Waals surface area contributed by atoms with E-state index in [1.807, 2.05) is 29.2 Å². The quantitative estimate of drug-likeness (QED) is 0.891. The number of carbonyl (C=O) groups excluding carboxylic acids is 2. The summed E-state index contributed by atoms with van der Waals surface area (Å²) in [5.74, 6) is 0.899. The Morgan fingerprint density at radius 3 is 2.70 bits per heavy atom. The lowest BCUT2D eigenvalue weighted by molar-refractivity contribution is -0.119. The van der Waals surface area contributed by atoms with Crippen molar-refractivity contribution in [3.8, 4) is 5.75 Å². The lowest BCUT2D eigenvalue weighted by Gasteiger charge is -2.34. The van der Waals surface area contributed by atoms with Gasteiger partial charge in [-0.15, -0.1) is 0 Å². The molecule has 0 radical (unpaired) electrons. The van der Waals surface area contributed by atoms with E-state index in [1.165, 1.54) is 0 Å². The molecule has 2 aliphatic rings. The van der Waals surface area contributed by atoms with Crippen LogP contribution in [0.5, 0.6) is 5.75 Å². The van der Waals surface area contributed by atoms with Crippen LogP contribution in [0.15, 0.2) is 24.3 Å². The standard InChI is InChI=1S/C17H23N3O3/c18-16(21)11-12-5-8-20(9-6-12)17(22)19-14-7-10-23-15-4-2-1-3-13(14)15/h1-4,12,14H,5-11H2,(H2,18,21)(H,19,22)/t14-/m1/s1. The van der Waals surface area contributed by atoms with E-state index in [0.29, 0.717) is 32.0 Å². The number of para-hydroxylation sites is 1. The van der Waals surface area contributed by atoms with E-state index in [4.69, 9.17) is 10.5 Å². The number of fused-ring (bicyclic) bond motifs is 1. The van der Waals surface area contributed by atoms with Crippen molar-refractivity contribution in [2.75, 3.05) is 19.7 Å². The molecule has 6 heteroatoms. The number of likely N-dealkylation sites (tertiary alicyclic amines) is 1. The van der Waals surface area contributed by atoms with Gasteiger partial charge in [0.15, 0.2) is 0 Å². The molecule has 0 aromatic heterocycles. The van der Waals surface area contributed by atoms with E-state index < -0.39 is 0 Å². The largest absolute Gasteiger partial charge is 0.493 e. The second-order valence-corrected chi connectivity index (χ2v) is 6.28. The van der Waals surface area contributed by atoms with Crippen LogP contribution in [-0.2, 0) is 4.79 Å². The number of carbonyl (C=O) groups is 2. The first-order valence-corrected chi connectivity index (χ1v) is 8.19. The van der Waals surface area contributed by atoms with E-state index in [9.17, 15) is 9.59 Å². The number of rotatable bonds is 3. The molecule has 3 N–H and O–H groups in total. The zero-order valence-corrected chi connectivity index (χ0v) is 13.2. The molecule has 2 heterocycles. The average molecular weight is 317 g/mol. The van der Waals surface area contributed by atoms with Gasteiger partial charge in [-0.1, -0.05) is 18.2 Å². The SMILES string of the molecule is NC(=O)CC1CCN(C(=O)N[C@@H]2CCOc3ccccc32)CC1. The fraction of sp³-hybridized carbons (Fsp3) is 0.529. The van der Waals surface area contributed by atoms with Gasteiger partial charge in [0, 0.05) is 31.5 Å². The number of nitrogens with zero attached hydrogens (tertiary/aromatic N) is 1. The van der Waals surface area contributed by atoms with Crippen LogP contribution in [-0.4, -0.2) is 36.5 Å². The minimum Gasteiger partial charge on any atom is -0.493 e. The summed E-state index contributed by atoms with van der Waals surface area (Å²) in [5, 5.41) is 3.12. The van der Waals surface area contributed by atoms with Gasteiger partial charge in [-0.3, -0.25) is 4.79 Å². The molecule has 2 aliphatic heterocycles. The number of nitrogens with one attached hydrogen (secondary N) is 1. The highest BCUT2D eigenvalue weighted by molar-refractivity contribution is 5.75. The Balaban J connectivity index is 1.56. The van der Waals surface area contributed by atoms with Crippen LogP contribution in [0.2, 0.25) is 0 Å². The van der Waals surface area contributed by atoms with E-state index in [2.05, 4.69) is 5.32 Å². The van der Waals surface area contributed by atoms with Crippen molar-refractivity contribution in [2.24, 2.45) is 11.7 Å². The first-order valence-electron chi connectivity index (χ1n) is 8.19. The third-order valence-corrected chi connectivity index (χ3v) is 4.65. The van der Waals surface area contributed by atoms with Gasteiger partial charge in [0.25, 0.3) is 0 Å². The molecule has 6 nitrogen and oxygen atoms in total. The van der Waals surface area contributed by atoms with Gasteiger partial charge in [-0.2, -0.15) is 0 Å². The molecule has 0 aliphatic carbocycles. The van der Waals surface area contributed by atoms with Crippen LogP contribution in [0.3, 0.4) is 0 Å². The maximum Gasteiger partial charge on any atom is 0.317 e. The predicted octanol–water partition coefficient (Wildman–Crippen LogP) is 1.81. The molecule has 1 aromatic rings. The minimum absolute atomic E-state index is 0.00390. The highest BCUT2D eigenvalue weighted by Crippen LogP contribution is 2.31. The maximum atomic E-state index is 12.5. The molecule has 0 bridgehead atoms. The lowest BCUT2D eigenvalue weighted by atomic mass is 9.93. The fourth-order valence-electron chi connectivity index (χ4n) is 3.36. The van der Waals surface area contributed by atoms with Crippen LogP contribution in [0.25, 0.3) is 0 Å². The highest BCUT2D eigenvalue weighted by atomic mass is 16.5. The summed E-state index contributed by atoms with van der Waals surface area (Å²) in [6, 6.07) is 7.79. The Morgan fingerprint density at radius 2 is 1.96 bits per heavy atom. The summed E-state index contributed by atoms with van der Waals surface area (Å²) in [7, 11) is 0. The first kappa shape index (κ1) is 15.6. The van der Waals surface area contributed by atoms with Gasteiger partial charge < -0.3 is 20.7 Å². The topological polar surface area (TPSA) is 84.7 Å². The zero-order valence-electron chi connectivity index (χ0n) is 13.2. The number of nitrogens with two attached hydrogens (primary N) is 1. The number of urea groups is 1. The third kappa shape index (κ3) is 3.75. The Bertz CT molecular complexity index is 582. The molecule has 3 rings (SSSR count). The van der Waals surface area contributed by atoms with Crippen molar-refractivity contribution in [3.05, 3.63) is 29.8 Å². The van der Waals surface area contributed by atoms with E-state index >= 15 is 0 Å². The number of amides is 3. The van der Waals surface area contributed by atoms with Crippen molar-refractivity contribution in [2.45, 2.75) is 31.7 Å². The zero-order chi connectivity index (χ0) is 16.2. The minimum atomic E-state index is -0.258. The molecule has 3 amide bonds. The van der Waals surface area contributed by atoms with Crippen molar-refractivity contribution in [1.82, 2.24) is 10.2 Å². The molecule has 124 valence electrons. The molecular weight excluding hydrogens is 294 g/mol. The molecule has 1 saturated heterocycles. The Hall–Kier alpha value is -2.24. The Kier molecular flexibility index (Phi) is 4.69. The van der Waals surface area contributed by atoms with Gasteiger partial charge in [-0.25, -0.2) is 4.79 Å². The summed E-state index contributed by atoms with van der Waals surface area (Å²) in [5.41, 5.74) is 6.28. The molecule has 0 unspecified atom stereocenters. The molecule has 0 saturated carbocycles. The first-order chi connectivity index (χ1) is 11.1. The lowest BCUT2D eigenvalue weighted by Crippen LogP contribution is -2.46. The summed E-state index contributed by atoms with van der Waals surface area (Å²) in [4.78, 5) is 25.3. The number of benzene rings is 1. The summed E-state index contributed by atoms with van der Waals surface area (Å²) in [6.45, 7) is 1.96. The molecule has 1 fully saturated rings. The van der Waals surface area contributed by atoms with Crippen molar-refractivity contribution < 1.29 is 14.3 Å². The summed E-state index contributed by atoms with van der Waals surface area (Å²) in [6.07, 6.45) is 2.87. The average Bonchev–Trinajstić information content (AvgIpc) is 2.55. The summed E-state index contributed by atoms with van der Waals surface area (Å²) < 4.78 is 5.62. The summed E-state index contributed by atoms with van der Waals surface area (Å²) >= 11 is 0. The van der Waals surface area contributed by atoms with Gasteiger partial charge >= 0.3 is 6.03 Å². The normalized spacial score (nSPS) is 21.2. The van der Waals surface area contributed by atoms with Gasteiger partial charge in [0.2, 0.25) is 5.91 Å². The van der Waals surface area contributed by atoms with Gasteiger partial charge in [0.1, 0.15) is 5.75 Å². The monoisotopic (exact) mass is 317 g/mol. The van der Waals surface area contributed by atoms with E-state index in [1.54, 1.807) is 0 Å². The third-order valence-electron chi connectivity index (χ3n) is 4.65. The predicted molar refractivity (Wildman–Crippen MR) is 85.9 cm³/mol. The Morgan fingerprint density at radius 1 is 1.22 bits per heavy atom. The Labute approximate surface area is 136 Å². The number of hydrogen-bond acceptors (Lipinski definition) is 3. The van der Waals surface area contributed by atoms with Crippen molar-refractivity contribution >= 4 is 11.9 Å². The highest BCUT2D eigenvalue weighted by Gasteiger charge is 2.27. The second kappa shape index (κ2) is 6.89. The van der Waals surface area contributed by atoms with Gasteiger partial charge in [-0.05, 0) is 24.8 Å². The number of primary amides is 1. The van der Waals surface area contributed by atoms with Crippen molar-refractivity contribution in [3.63, 3.8) is 0 Å². The van der Waals surface area contributed by atoms with Gasteiger partial charge in [0.05, 0.1) is 12.6 Å². The van der Waals surface area contributed by atoms with Crippen molar-refractivity contribution in [1.29, 1.82) is 0 Å². The van der Waals surface area contributed by atoms with Crippen LogP contribution in [0.4, 0.5) is 4.79 Å². The molecule has 1 aromatic carbocycles. The maximum absolute atomic E-state index is 12.5. The van der Waals surface area contributed by atoms with E-state index in [-0.39, 0.29) is 18.0 Å².